The van der Waals surface area contributed by atoms with Gasteiger partial charge in [0.25, 0.3) is 0 Å². The van der Waals surface area contributed by atoms with E-state index in [1.54, 1.807) is 0 Å². The highest BCUT2D eigenvalue weighted by Crippen LogP contribution is 2.28. The van der Waals surface area contributed by atoms with Gasteiger partial charge in [0.2, 0.25) is 0 Å². The Morgan fingerprint density at radius 1 is 1.36 bits per heavy atom. The van der Waals surface area contributed by atoms with Crippen LogP contribution in [0.3, 0.4) is 0 Å². The molecule has 2 saturated heterocycles. The number of hydrogen-bond donors (Lipinski definition) is 1. The Hall–Kier alpha value is -0.0800. The fourth-order valence-electron chi connectivity index (χ4n) is 3.04. The van der Waals surface area contributed by atoms with Crippen molar-refractivity contribution in [3.8, 4) is 0 Å². The summed E-state index contributed by atoms with van der Waals surface area (Å²) in [5.41, 5.74) is 0. The van der Waals surface area contributed by atoms with Crippen LogP contribution >= 0.6 is 0 Å². The van der Waals surface area contributed by atoms with Crippen LogP contribution in [0.2, 0.25) is 0 Å². The van der Waals surface area contributed by atoms with Crippen LogP contribution in [0.1, 0.15) is 27.2 Å². The second kappa shape index (κ2) is 4.19. The molecule has 2 heteroatoms. The zero-order chi connectivity index (χ0) is 10.1. The van der Waals surface area contributed by atoms with Crippen molar-refractivity contribution in [1.82, 2.24) is 10.2 Å². The van der Waals surface area contributed by atoms with E-state index in [0.717, 1.165) is 23.8 Å². The molecule has 2 rings (SSSR count). The van der Waals surface area contributed by atoms with Crippen molar-refractivity contribution in [2.45, 2.75) is 33.2 Å². The second-order valence-electron chi connectivity index (χ2n) is 5.67. The first-order valence-electron chi connectivity index (χ1n) is 6.11. The van der Waals surface area contributed by atoms with Gasteiger partial charge in [-0.2, -0.15) is 0 Å². The van der Waals surface area contributed by atoms with E-state index in [1.165, 1.54) is 32.6 Å². The molecule has 2 aliphatic heterocycles. The molecule has 2 fully saturated rings. The van der Waals surface area contributed by atoms with Gasteiger partial charge >= 0.3 is 0 Å². The van der Waals surface area contributed by atoms with E-state index in [9.17, 15) is 0 Å². The second-order valence-corrected chi connectivity index (χ2v) is 5.67. The Labute approximate surface area is 88.1 Å². The van der Waals surface area contributed by atoms with Crippen molar-refractivity contribution >= 4 is 0 Å². The van der Waals surface area contributed by atoms with Crippen molar-refractivity contribution < 1.29 is 0 Å². The largest absolute Gasteiger partial charge is 0.314 e. The maximum Gasteiger partial charge on any atom is 0.00794 e. The maximum atomic E-state index is 3.63. The Morgan fingerprint density at radius 3 is 2.86 bits per heavy atom. The number of likely N-dealkylation sites (tertiary alicyclic amines) is 1. The minimum Gasteiger partial charge on any atom is -0.314 e. The number of nitrogens with one attached hydrogen (secondary N) is 1. The van der Waals surface area contributed by atoms with Crippen LogP contribution in [0, 0.1) is 17.8 Å². The van der Waals surface area contributed by atoms with Crippen LogP contribution in [0.15, 0.2) is 0 Å². The van der Waals surface area contributed by atoms with Gasteiger partial charge in [-0.25, -0.2) is 0 Å². The molecule has 0 aromatic heterocycles. The van der Waals surface area contributed by atoms with Crippen LogP contribution in [-0.2, 0) is 0 Å². The third kappa shape index (κ3) is 2.29. The van der Waals surface area contributed by atoms with E-state index in [2.05, 4.69) is 31.0 Å². The third-order valence-electron chi connectivity index (χ3n) is 3.70. The van der Waals surface area contributed by atoms with Crippen LogP contribution in [-0.4, -0.2) is 37.1 Å². The predicted octanol–water partition coefficient (Wildman–Crippen LogP) is 1.57. The summed E-state index contributed by atoms with van der Waals surface area (Å²) in [6.45, 7) is 12.2. The van der Waals surface area contributed by atoms with E-state index < -0.39 is 0 Å². The highest BCUT2D eigenvalue weighted by atomic mass is 15.2. The SMILES string of the molecule is CC(C)CN1C[C@H]2CN[C@H](C)[C@@H](C2)C1. The van der Waals surface area contributed by atoms with Crippen LogP contribution in [0.4, 0.5) is 0 Å². The molecule has 2 bridgehead atoms. The van der Waals surface area contributed by atoms with Gasteiger partial charge in [0.1, 0.15) is 0 Å². The zero-order valence-corrected chi connectivity index (χ0v) is 9.79. The lowest BCUT2D eigenvalue weighted by Crippen LogP contribution is -2.55. The molecule has 0 aromatic rings. The van der Waals surface area contributed by atoms with Gasteiger partial charge in [0.15, 0.2) is 0 Å². The molecule has 0 aromatic carbocycles. The highest BCUT2D eigenvalue weighted by molar-refractivity contribution is 4.90. The van der Waals surface area contributed by atoms with Crippen molar-refractivity contribution in [3.05, 3.63) is 0 Å². The Balaban J connectivity index is 1.91. The van der Waals surface area contributed by atoms with Crippen molar-refractivity contribution in [2.75, 3.05) is 26.2 Å². The molecule has 2 heterocycles. The molecular formula is C12H24N2. The topological polar surface area (TPSA) is 15.3 Å². The van der Waals surface area contributed by atoms with Gasteiger partial charge in [-0.1, -0.05) is 13.8 Å². The van der Waals surface area contributed by atoms with Gasteiger partial charge in [-0.3, -0.25) is 0 Å². The molecule has 82 valence electrons. The smallest absolute Gasteiger partial charge is 0.00794 e. The quantitative estimate of drug-likeness (QED) is 0.721. The van der Waals surface area contributed by atoms with Crippen LogP contribution < -0.4 is 5.32 Å². The number of piperidine rings is 2. The fourth-order valence-corrected chi connectivity index (χ4v) is 3.04. The summed E-state index contributed by atoms with van der Waals surface area (Å²) in [5.74, 6) is 2.64. The lowest BCUT2D eigenvalue weighted by Gasteiger charge is -2.45. The lowest BCUT2D eigenvalue weighted by molar-refractivity contribution is 0.0654. The van der Waals surface area contributed by atoms with Crippen molar-refractivity contribution in [2.24, 2.45) is 17.8 Å². The number of fused-ring (bicyclic) bond motifs is 2. The third-order valence-corrected chi connectivity index (χ3v) is 3.70. The summed E-state index contributed by atoms with van der Waals surface area (Å²) in [6.07, 6.45) is 1.46. The Kier molecular flexibility index (Phi) is 3.13. The number of hydrogen-bond acceptors (Lipinski definition) is 2. The summed E-state index contributed by atoms with van der Waals surface area (Å²) in [4.78, 5) is 2.68. The molecule has 0 saturated carbocycles. The Bertz CT molecular complexity index is 191. The van der Waals surface area contributed by atoms with Crippen LogP contribution in [0.5, 0.6) is 0 Å². The van der Waals surface area contributed by atoms with Gasteiger partial charge in [-0.15, -0.1) is 0 Å². The van der Waals surface area contributed by atoms with Gasteiger partial charge in [0.05, 0.1) is 0 Å². The van der Waals surface area contributed by atoms with Gasteiger partial charge in [-0.05, 0) is 37.6 Å². The molecule has 0 amide bonds. The average molecular weight is 196 g/mol. The van der Waals surface area contributed by atoms with Gasteiger partial charge in [0, 0.05) is 25.7 Å². The van der Waals surface area contributed by atoms with Crippen molar-refractivity contribution in [3.63, 3.8) is 0 Å². The standard InChI is InChI=1S/C12H24N2/c1-9(2)6-14-7-11-4-12(8-14)10(3)13-5-11/h9-13H,4-8H2,1-3H3/t10-,11-,12+/m1/s1. The summed E-state index contributed by atoms with van der Waals surface area (Å²) < 4.78 is 0. The lowest BCUT2D eigenvalue weighted by atomic mass is 9.81. The summed E-state index contributed by atoms with van der Waals surface area (Å²) in [6, 6.07) is 0.737. The first-order valence-corrected chi connectivity index (χ1v) is 6.11. The van der Waals surface area contributed by atoms with E-state index >= 15 is 0 Å². The molecule has 2 aliphatic rings. The van der Waals surface area contributed by atoms with Gasteiger partial charge < -0.3 is 10.2 Å². The zero-order valence-electron chi connectivity index (χ0n) is 9.79. The van der Waals surface area contributed by atoms with E-state index in [1.807, 2.05) is 0 Å². The molecule has 0 spiro atoms. The molecule has 3 atom stereocenters. The number of rotatable bonds is 2. The predicted molar refractivity (Wildman–Crippen MR) is 60.3 cm³/mol. The van der Waals surface area contributed by atoms with E-state index in [-0.39, 0.29) is 0 Å². The van der Waals surface area contributed by atoms with Crippen molar-refractivity contribution in [1.29, 1.82) is 0 Å². The first kappa shape index (κ1) is 10.4. The first-order chi connectivity index (χ1) is 6.65. The average Bonchev–Trinajstić information content (AvgIpc) is 2.11. The monoisotopic (exact) mass is 196 g/mol. The molecule has 0 unspecified atom stereocenters. The molecule has 0 radical (unpaired) electrons. The van der Waals surface area contributed by atoms with Crippen LogP contribution in [0.25, 0.3) is 0 Å². The normalized spacial score (nSPS) is 39.0. The molecule has 14 heavy (non-hydrogen) atoms. The molecular weight excluding hydrogens is 172 g/mol. The molecule has 2 nitrogen and oxygen atoms in total. The summed E-state index contributed by atoms with van der Waals surface area (Å²) in [7, 11) is 0. The molecule has 1 N–H and O–H groups in total. The molecule has 0 aliphatic carbocycles. The van der Waals surface area contributed by atoms with E-state index in [0.29, 0.717) is 0 Å². The minimum absolute atomic E-state index is 0.737. The minimum atomic E-state index is 0.737. The number of nitrogens with zero attached hydrogens (tertiary/aromatic N) is 1. The highest BCUT2D eigenvalue weighted by Gasteiger charge is 2.34. The Morgan fingerprint density at radius 2 is 2.14 bits per heavy atom. The van der Waals surface area contributed by atoms with E-state index in [4.69, 9.17) is 0 Å². The summed E-state index contributed by atoms with van der Waals surface area (Å²) >= 11 is 0. The maximum absolute atomic E-state index is 3.63. The fraction of sp³-hybridized carbons (Fsp3) is 1.00. The summed E-state index contributed by atoms with van der Waals surface area (Å²) in [5, 5.41) is 3.63.